The molecule has 1 heterocycles. The van der Waals surface area contributed by atoms with Gasteiger partial charge in [0.2, 0.25) is 0 Å². The molecule has 7 heteroatoms. The van der Waals surface area contributed by atoms with E-state index in [0.29, 0.717) is 35.7 Å². The van der Waals surface area contributed by atoms with Gasteiger partial charge in [0.25, 0.3) is 5.91 Å². The van der Waals surface area contributed by atoms with Crippen molar-refractivity contribution in [2.75, 3.05) is 6.61 Å². The maximum absolute atomic E-state index is 12.8. The molecule has 1 aromatic rings. The molecule has 0 aromatic heterocycles. The van der Waals surface area contributed by atoms with Crippen LogP contribution in [0.4, 0.5) is 0 Å². The van der Waals surface area contributed by atoms with Crippen LogP contribution in [-0.4, -0.2) is 36.7 Å². The standard InChI is InChI=1S/C20H28BNO5/c1-12(2)18(20(24)26-10-14-6-4-5-7-14)22-19(23)16-9-8-15-11-27-21(25)17(15)13(16)3/h8-9,12,14,18,25H,4-7,10-11H2,1-3H3,(H,22,23). The van der Waals surface area contributed by atoms with E-state index in [2.05, 4.69) is 5.32 Å². The van der Waals surface area contributed by atoms with Crippen LogP contribution in [0.3, 0.4) is 0 Å². The lowest BCUT2D eigenvalue weighted by atomic mass is 9.75. The van der Waals surface area contributed by atoms with Crippen molar-refractivity contribution in [3.05, 3.63) is 28.8 Å². The van der Waals surface area contributed by atoms with Crippen LogP contribution in [0.2, 0.25) is 0 Å². The summed E-state index contributed by atoms with van der Waals surface area (Å²) in [6, 6.07) is 2.80. The van der Waals surface area contributed by atoms with E-state index in [1.165, 1.54) is 12.8 Å². The van der Waals surface area contributed by atoms with Crippen LogP contribution in [0.1, 0.15) is 61.0 Å². The molecule has 1 saturated carbocycles. The largest absolute Gasteiger partial charge is 0.492 e. The minimum Gasteiger partial charge on any atom is -0.464 e. The van der Waals surface area contributed by atoms with Gasteiger partial charge in [-0.05, 0) is 54.3 Å². The Bertz CT molecular complexity index is 715. The molecule has 27 heavy (non-hydrogen) atoms. The van der Waals surface area contributed by atoms with Crippen molar-refractivity contribution in [3.63, 3.8) is 0 Å². The summed E-state index contributed by atoms with van der Waals surface area (Å²) in [6.07, 6.45) is 4.59. The molecule has 1 atom stereocenters. The van der Waals surface area contributed by atoms with Gasteiger partial charge < -0.3 is 19.7 Å². The molecule has 146 valence electrons. The average molecular weight is 373 g/mol. The van der Waals surface area contributed by atoms with Crippen molar-refractivity contribution >= 4 is 24.5 Å². The smallest absolute Gasteiger partial charge is 0.464 e. The zero-order valence-electron chi connectivity index (χ0n) is 16.3. The number of ether oxygens (including phenoxy) is 1. The van der Waals surface area contributed by atoms with E-state index >= 15 is 0 Å². The number of hydrogen-bond donors (Lipinski definition) is 2. The molecule has 2 aliphatic rings. The Morgan fingerprint density at radius 1 is 1.33 bits per heavy atom. The number of rotatable bonds is 6. The molecule has 1 aliphatic carbocycles. The van der Waals surface area contributed by atoms with Gasteiger partial charge >= 0.3 is 13.1 Å². The summed E-state index contributed by atoms with van der Waals surface area (Å²) < 4.78 is 10.7. The zero-order chi connectivity index (χ0) is 19.6. The van der Waals surface area contributed by atoms with Crippen molar-refractivity contribution in [3.8, 4) is 0 Å². The van der Waals surface area contributed by atoms with E-state index in [-0.39, 0.29) is 17.8 Å². The van der Waals surface area contributed by atoms with Gasteiger partial charge in [0, 0.05) is 5.56 Å². The van der Waals surface area contributed by atoms with Crippen molar-refractivity contribution < 1.29 is 24.0 Å². The highest BCUT2D eigenvalue weighted by Gasteiger charge is 2.32. The Hall–Kier alpha value is -1.86. The normalized spacial score (nSPS) is 17.9. The predicted molar refractivity (Wildman–Crippen MR) is 103 cm³/mol. The average Bonchev–Trinajstić information content (AvgIpc) is 3.27. The monoisotopic (exact) mass is 373 g/mol. The number of fused-ring (bicyclic) bond motifs is 1. The number of benzene rings is 1. The number of hydrogen-bond acceptors (Lipinski definition) is 5. The van der Waals surface area contributed by atoms with Crippen molar-refractivity contribution in [1.82, 2.24) is 5.32 Å². The predicted octanol–water partition coefficient (Wildman–Crippen LogP) is 1.70. The lowest BCUT2D eigenvalue weighted by Crippen LogP contribution is -2.46. The summed E-state index contributed by atoms with van der Waals surface area (Å²) in [5.74, 6) is -0.370. The van der Waals surface area contributed by atoms with Gasteiger partial charge in [0.15, 0.2) is 0 Å². The van der Waals surface area contributed by atoms with Crippen molar-refractivity contribution in [2.24, 2.45) is 11.8 Å². The second kappa shape index (κ2) is 8.44. The van der Waals surface area contributed by atoms with Crippen molar-refractivity contribution in [1.29, 1.82) is 0 Å². The topological polar surface area (TPSA) is 84.9 Å². The third-order valence-corrected chi connectivity index (χ3v) is 5.64. The number of carbonyl (C=O) groups is 2. The van der Waals surface area contributed by atoms with E-state index in [9.17, 15) is 14.6 Å². The summed E-state index contributed by atoms with van der Waals surface area (Å²) in [7, 11) is -1.01. The highest BCUT2D eigenvalue weighted by Crippen LogP contribution is 2.25. The number of carbonyl (C=O) groups excluding carboxylic acids is 2. The molecule has 0 bridgehead atoms. The molecular weight excluding hydrogens is 345 g/mol. The van der Waals surface area contributed by atoms with E-state index in [1.54, 1.807) is 19.1 Å². The van der Waals surface area contributed by atoms with Crippen LogP contribution in [0.5, 0.6) is 0 Å². The molecule has 1 aliphatic heterocycles. The quantitative estimate of drug-likeness (QED) is 0.586. The third kappa shape index (κ3) is 4.35. The van der Waals surface area contributed by atoms with Gasteiger partial charge in [0.1, 0.15) is 6.04 Å². The second-order valence-electron chi connectivity index (χ2n) is 7.95. The molecule has 1 amide bonds. The summed E-state index contributed by atoms with van der Waals surface area (Å²) >= 11 is 0. The van der Waals surface area contributed by atoms with Gasteiger partial charge in [-0.1, -0.05) is 32.8 Å². The zero-order valence-corrected chi connectivity index (χ0v) is 16.3. The first-order chi connectivity index (χ1) is 12.9. The fraction of sp³-hybridized carbons (Fsp3) is 0.600. The fourth-order valence-corrected chi connectivity index (χ4v) is 3.94. The Balaban J connectivity index is 1.68. The molecule has 0 radical (unpaired) electrons. The van der Waals surface area contributed by atoms with Crippen LogP contribution in [0.15, 0.2) is 12.1 Å². The molecule has 3 rings (SSSR count). The fourth-order valence-electron chi connectivity index (χ4n) is 3.94. The van der Waals surface area contributed by atoms with E-state index in [0.717, 1.165) is 18.4 Å². The first-order valence-electron chi connectivity index (χ1n) is 9.78. The lowest BCUT2D eigenvalue weighted by Gasteiger charge is -2.22. The van der Waals surface area contributed by atoms with Crippen LogP contribution in [0, 0.1) is 18.8 Å². The third-order valence-electron chi connectivity index (χ3n) is 5.64. The summed E-state index contributed by atoms with van der Waals surface area (Å²) in [5, 5.41) is 12.8. The Kier molecular flexibility index (Phi) is 6.22. The minimum atomic E-state index is -1.01. The van der Waals surface area contributed by atoms with Crippen LogP contribution in [-0.2, 0) is 20.8 Å². The Morgan fingerprint density at radius 2 is 2.04 bits per heavy atom. The van der Waals surface area contributed by atoms with E-state index in [1.807, 2.05) is 13.8 Å². The molecular formula is C20H28BNO5. The second-order valence-corrected chi connectivity index (χ2v) is 7.95. The summed E-state index contributed by atoms with van der Waals surface area (Å²) in [5.41, 5.74) is 2.64. The SMILES string of the molecule is Cc1c(C(=O)NC(C(=O)OCC2CCCC2)C(C)C)ccc2c1B(O)OC2. The van der Waals surface area contributed by atoms with Gasteiger partial charge in [-0.2, -0.15) is 0 Å². The van der Waals surface area contributed by atoms with Crippen molar-refractivity contribution in [2.45, 2.75) is 59.1 Å². The highest BCUT2D eigenvalue weighted by molar-refractivity contribution is 6.62. The highest BCUT2D eigenvalue weighted by atomic mass is 16.5. The van der Waals surface area contributed by atoms with Crippen LogP contribution < -0.4 is 10.8 Å². The molecule has 1 unspecified atom stereocenters. The van der Waals surface area contributed by atoms with Gasteiger partial charge in [-0.25, -0.2) is 4.79 Å². The van der Waals surface area contributed by atoms with Gasteiger partial charge in [-0.3, -0.25) is 4.79 Å². The molecule has 0 saturated heterocycles. The lowest BCUT2D eigenvalue weighted by molar-refractivity contribution is -0.148. The number of amides is 1. The van der Waals surface area contributed by atoms with Crippen LogP contribution >= 0.6 is 0 Å². The molecule has 1 aromatic carbocycles. The molecule has 0 spiro atoms. The maximum atomic E-state index is 12.8. The minimum absolute atomic E-state index is 0.0892. The summed E-state index contributed by atoms with van der Waals surface area (Å²) in [6.45, 7) is 6.32. The molecule has 2 N–H and O–H groups in total. The van der Waals surface area contributed by atoms with Gasteiger partial charge in [0.05, 0.1) is 13.2 Å². The number of nitrogens with one attached hydrogen (secondary N) is 1. The molecule has 1 fully saturated rings. The molecule has 6 nitrogen and oxygen atoms in total. The Morgan fingerprint density at radius 3 is 2.70 bits per heavy atom. The van der Waals surface area contributed by atoms with Crippen LogP contribution in [0.25, 0.3) is 0 Å². The Labute approximate surface area is 160 Å². The first-order valence-corrected chi connectivity index (χ1v) is 9.78. The van der Waals surface area contributed by atoms with E-state index < -0.39 is 13.2 Å². The number of esters is 1. The summed E-state index contributed by atoms with van der Waals surface area (Å²) in [4.78, 5) is 25.3. The van der Waals surface area contributed by atoms with Gasteiger partial charge in [-0.15, -0.1) is 0 Å². The maximum Gasteiger partial charge on any atom is 0.492 e. The van der Waals surface area contributed by atoms with E-state index in [4.69, 9.17) is 9.39 Å². The first kappa shape index (κ1) is 19.9.